The molecule has 2 aromatic heterocycles. The summed E-state index contributed by atoms with van der Waals surface area (Å²) in [6, 6.07) is 3.74. The summed E-state index contributed by atoms with van der Waals surface area (Å²) in [5.41, 5.74) is 1.58. The van der Waals surface area contributed by atoms with E-state index in [9.17, 15) is 4.79 Å². The molecule has 2 aliphatic heterocycles. The maximum absolute atomic E-state index is 12.5. The van der Waals surface area contributed by atoms with E-state index in [-0.39, 0.29) is 11.9 Å². The van der Waals surface area contributed by atoms with Gasteiger partial charge < -0.3 is 19.7 Å². The van der Waals surface area contributed by atoms with Gasteiger partial charge in [0.15, 0.2) is 0 Å². The van der Waals surface area contributed by atoms with Crippen LogP contribution in [0.4, 0.5) is 5.95 Å². The number of aromatic nitrogens is 3. The summed E-state index contributed by atoms with van der Waals surface area (Å²) >= 11 is 0. The highest BCUT2D eigenvalue weighted by molar-refractivity contribution is 5.94. The highest BCUT2D eigenvalue weighted by Crippen LogP contribution is 2.27. The third-order valence-corrected chi connectivity index (χ3v) is 5.32. The fourth-order valence-electron chi connectivity index (χ4n) is 3.72. The van der Waals surface area contributed by atoms with Crippen LogP contribution in [-0.2, 0) is 4.74 Å². The Morgan fingerprint density at radius 3 is 2.96 bits per heavy atom. The van der Waals surface area contributed by atoms with Crippen LogP contribution in [0.3, 0.4) is 0 Å². The Labute approximate surface area is 164 Å². The standard InChI is InChI=1S/C20H25N5O3/c1-27-17-10-15(11-21-12-17)19(26)23-16-3-7-25(13-16)20-22-6-2-18(24-20)14-4-8-28-9-5-14/h2,6,10-12,14,16H,3-5,7-9,13H2,1H3,(H,23,26). The van der Waals surface area contributed by atoms with Crippen LogP contribution in [0.15, 0.2) is 30.7 Å². The number of amides is 1. The summed E-state index contributed by atoms with van der Waals surface area (Å²) in [7, 11) is 1.56. The SMILES string of the molecule is COc1cncc(C(=O)NC2CCN(c3nccc(C4CCOCC4)n3)C2)c1. The molecule has 0 aliphatic carbocycles. The molecule has 28 heavy (non-hydrogen) atoms. The van der Waals surface area contributed by atoms with E-state index in [1.807, 2.05) is 12.3 Å². The minimum atomic E-state index is -0.143. The zero-order valence-electron chi connectivity index (χ0n) is 16.0. The van der Waals surface area contributed by atoms with Gasteiger partial charge in [-0.25, -0.2) is 9.97 Å². The number of carbonyl (C=O) groups is 1. The molecular formula is C20H25N5O3. The molecule has 4 rings (SSSR count). The lowest BCUT2D eigenvalue weighted by Gasteiger charge is -2.23. The lowest BCUT2D eigenvalue weighted by Crippen LogP contribution is -2.37. The molecule has 8 heteroatoms. The Morgan fingerprint density at radius 1 is 1.29 bits per heavy atom. The van der Waals surface area contributed by atoms with Crippen LogP contribution in [0, 0.1) is 0 Å². The molecule has 1 amide bonds. The first-order valence-electron chi connectivity index (χ1n) is 9.68. The van der Waals surface area contributed by atoms with Gasteiger partial charge in [0, 0.05) is 56.4 Å². The molecule has 0 bridgehead atoms. The minimum Gasteiger partial charge on any atom is -0.495 e. The van der Waals surface area contributed by atoms with Crippen LogP contribution < -0.4 is 15.0 Å². The van der Waals surface area contributed by atoms with Crippen LogP contribution in [0.5, 0.6) is 5.75 Å². The first-order chi connectivity index (χ1) is 13.7. The number of hydrogen-bond donors (Lipinski definition) is 1. The summed E-state index contributed by atoms with van der Waals surface area (Å²) in [6.07, 6.45) is 7.82. The number of nitrogens with zero attached hydrogens (tertiary/aromatic N) is 4. The van der Waals surface area contributed by atoms with Crippen LogP contribution >= 0.6 is 0 Å². The third kappa shape index (κ3) is 4.22. The van der Waals surface area contributed by atoms with Crippen molar-refractivity contribution < 1.29 is 14.3 Å². The molecule has 0 spiro atoms. The van der Waals surface area contributed by atoms with Crippen molar-refractivity contribution in [1.29, 1.82) is 0 Å². The number of rotatable bonds is 5. The minimum absolute atomic E-state index is 0.0500. The zero-order chi connectivity index (χ0) is 19.3. The van der Waals surface area contributed by atoms with Crippen molar-refractivity contribution in [2.24, 2.45) is 0 Å². The van der Waals surface area contributed by atoms with E-state index >= 15 is 0 Å². The second-order valence-corrected chi connectivity index (χ2v) is 7.19. The molecule has 2 aromatic rings. The zero-order valence-corrected chi connectivity index (χ0v) is 16.0. The fourth-order valence-corrected chi connectivity index (χ4v) is 3.72. The van der Waals surface area contributed by atoms with Gasteiger partial charge in [-0.15, -0.1) is 0 Å². The Hall–Kier alpha value is -2.74. The number of carbonyl (C=O) groups excluding carboxylic acids is 1. The van der Waals surface area contributed by atoms with Crippen LogP contribution in [-0.4, -0.2) is 60.3 Å². The summed E-state index contributed by atoms with van der Waals surface area (Å²) in [5, 5.41) is 3.08. The van der Waals surface area contributed by atoms with Crippen LogP contribution in [0.1, 0.15) is 41.2 Å². The molecule has 1 unspecified atom stereocenters. The summed E-state index contributed by atoms with van der Waals surface area (Å²) < 4.78 is 10.6. The molecule has 148 valence electrons. The normalized spacial score (nSPS) is 20.2. The molecule has 0 radical (unpaired) electrons. The molecule has 1 atom stereocenters. The van der Waals surface area contributed by atoms with Gasteiger partial charge in [-0.2, -0.15) is 0 Å². The largest absolute Gasteiger partial charge is 0.495 e. The molecule has 8 nitrogen and oxygen atoms in total. The summed E-state index contributed by atoms with van der Waals surface area (Å²) in [4.78, 5) is 27.9. The highest BCUT2D eigenvalue weighted by atomic mass is 16.5. The van der Waals surface area contributed by atoms with Gasteiger partial charge in [0.05, 0.1) is 18.9 Å². The Bertz CT molecular complexity index is 825. The molecule has 4 heterocycles. The van der Waals surface area contributed by atoms with Gasteiger partial charge in [-0.05, 0) is 31.4 Å². The van der Waals surface area contributed by atoms with E-state index in [1.54, 1.807) is 25.6 Å². The summed E-state index contributed by atoms with van der Waals surface area (Å²) in [6.45, 7) is 3.10. The number of hydrogen-bond acceptors (Lipinski definition) is 7. The maximum atomic E-state index is 12.5. The van der Waals surface area contributed by atoms with Crippen molar-refractivity contribution >= 4 is 11.9 Å². The van der Waals surface area contributed by atoms with Crippen molar-refractivity contribution in [2.45, 2.75) is 31.2 Å². The molecular weight excluding hydrogens is 358 g/mol. The number of ether oxygens (including phenoxy) is 2. The number of anilines is 1. The van der Waals surface area contributed by atoms with Crippen molar-refractivity contribution in [1.82, 2.24) is 20.3 Å². The van der Waals surface area contributed by atoms with Crippen molar-refractivity contribution in [3.8, 4) is 5.75 Å². The quantitative estimate of drug-likeness (QED) is 0.842. The Kier molecular flexibility index (Phi) is 5.66. The van der Waals surface area contributed by atoms with E-state index in [2.05, 4.69) is 20.2 Å². The third-order valence-electron chi connectivity index (χ3n) is 5.32. The molecule has 0 aromatic carbocycles. The predicted molar refractivity (Wildman–Crippen MR) is 104 cm³/mol. The van der Waals surface area contributed by atoms with Crippen molar-refractivity contribution in [3.05, 3.63) is 42.0 Å². The number of pyridine rings is 1. The maximum Gasteiger partial charge on any atom is 0.253 e. The van der Waals surface area contributed by atoms with Gasteiger partial charge in [0.25, 0.3) is 5.91 Å². The molecule has 2 aliphatic rings. The van der Waals surface area contributed by atoms with E-state index in [0.29, 0.717) is 23.8 Å². The molecule has 1 N–H and O–H groups in total. The second-order valence-electron chi connectivity index (χ2n) is 7.19. The lowest BCUT2D eigenvalue weighted by molar-refractivity contribution is 0.0845. The van der Waals surface area contributed by atoms with Crippen LogP contribution in [0.25, 0.3) is 0 Å². The second kappa shape index (κ2) is 8.52. The van der Waals surface area contributed by atoms with Gasteiger partial charge >= 0.3 is 0 Å². The Morgan fingerprint density at radius 2 is 2.14 bits per heavy atom. The number of nitrogens with one attached hydrogen (secondary N) is 1. The molecule has 2 fully saturated rings. The summed E-state index contributed by atoms with van der Waals surface area (Å²) in [5.74, 6) is 1.60. The van der Waals surface area contributed by atoms with Crippen molar-refractivity contribution in [2.75, 3.05) is 38.3 Å². The van der Waals surface area contributed by atoms with Gasteiger partial charge in [0.2, 0.25) is 5.95 Å². The first kappa shape index (κ1) is 18.6. The molecule has 2 saturated heterocycles. The smallest absolute Gasteiger partial charge is 0.253 e. The van der Waals surface area contributed by atoms with E-state index in [4.69, 9.17) is 14.5 Å². The van der Waals surface area contributed by atoms with Gasteiger partial charge in [-0.3, -0.25) is 9.78 Å². The van der Waals surface area contributed by atoms with E-state index in [1.165, 1.54) is 0 Å². The fraction of sp³-hybridized carbons (Fsp3) is 0.500. The lowest BCUT2D eigenvalue weighted by atomic mass is 9.96. The molecule has 0 saturated carbocycles. The Balaban J connectivity index is 1.38. The van der Waals surface area contributed by atoms with Crippen molar-refractivity contribution in [3.63, 3.8) is 0 Å². The van der Waals surface area contributed by atoms with E-state index < -0.39 is 0 Å². The average molecular weight is 383 g/mol. The predicted octanol–water partition coefficient (Wildman–Crippen LogP) is 1.78. The van der Waals surface area contributed by atoms with E-state index in [0.717, 1.165) is 50.7 Å². The van der Waals surface area contributed by atoms with Gasteiger partial charge in [0.1, 0.15) is 5.75 Å². The van der Waals surface area contributed by atoms with Crippen LogP contribution in [0.2, 0.25) is 0 Å². The first-order valence-corrected chi connectivity index (χ1v) is 9.68. The monoisotopic (exact) mass is 383 g/mol. The number of methoxy groups -OCH3 is 1. The van der Waals surface area contributed by atoms with Gasteiger partial charge in [-0.1, -0.05) is 0 Å². The highest BCUT2D eigenvalue weighted by Gasteiger charge is 2.27. The topological polar surface area (TPSA) is 89.5 Å². The average Bonchev–Trinajstić information content (AvgIpc) is 3.23.